The third kappa shape index (κ3) is 2.46. The Morgan fingerprint density at radius 3 is 3.19 bits per heavy atom. The fourth-order valence-corrected chi connectivity index (χ4v) is 1.42. The molecule has 0 unspecified atom stereocenters. The molecule has 2 aromatic rings. The first-order chi connectivity index (χ1) is 7.92. The fraction of sp³-hybridized carbons (Fsp3) is 0.500. The Morgan fingerprint density at radius 2 is 2.31 bits per heavy atom. The zero-order valence-corrected chi connectivity index (χ0v) is 9.23. The highest BCUT2D eigenvalue weighted by Crippen LogP contribution is 2.13. The summed E-state index contributed by atoms with van der Waals surface area (Å²) in [6, 6.07) is 0. The van der Waals surface area contributed by atoms with E-state index in [0.29, 0.717) is 5.65 Å². The predicted molar refractivity (Wildman–Crippen MR) is 61.3 cm³/mol. The number of ether oxygens (including phenoxy) is 1. The molecule has 2 heterocycles. The Balaban J connectivity index is 1.91. The quantitative estimate of drug-likeness (QED) is 0.717. The van der Waals surface area contributed by atoms with Crippen LogP contribution < -0.4 is 5.32 Å². The van der Waals surface area contributed by atoms with Crippen LogP contribution in [-0.2, 0) is 4.74 Å². The molecule has 0 aliphatic carbocycles. The summed E-state index contributed by atoms with van der Waals surface area (Å²) in [5.41, 5.74) is 1.53. The first kappa shape index (κ1) is 10.8. The fourth-order valence-electron chi connectivity index (χ4n) is 1.42. The molecule has 0 atom stereocenters. The standard InChI is InChI=1S/C10H15N5O/c1-2-16-5-3-4-11-9-8-10(13-6-12-8)15-7-14-9/h6-7H,2-5H2,1H3,(H2,11,12,13,14,15). The monoisotopic (exact) mass is 221 g/mol. The summed E-state index contributed by atoms with van der Waals surface area (Å²) in [4.78, 5) is 15.3. The van der Waals surface area contributed by atoms with Gasteiger partial charge in [-0.3, -0.25) is 0 Å². The van der Waals surface area contributed by atoms with Crippen molar-refractivity contribution in [3.05, 3.63) is 12.7 Å². The van der Waals surface area contributed by atoms with E-state index >= 15 is 0 Å². The van der Waals surface area contributed by atoms with Crippen LogP contribution >= 0.6 is 0 Å². The van der Waals surface area contributed by atoms with Crippen LogP contribution in [0, 0.1) is 0 Å². The normalized spacial score (nSPS) is 10.8. The average molecular weight is 221 g/mol. The van der Waals surface area contributed by atoms with Gasteiger partial charge in [-0.2, -0.15) is 0 Å². The maximum absolute atomic E-state index is 5.25. The van der Waals surface area contributed by atoms with Gasteiger partial charge >= 0.3 is 0 Å². The lowest BCUT2D eigenvalue weighted by molar-refractivity contribution is 0.147. The van der Waals surface area contributed by atoms with Gasteiger partial charge in [-0.25, -0.2) is 15.0 Å². The highest BCUT2D eigenvalue weighted by molar-refractivity contribution is 5.81. The number of hydrogen-bond donors (Lipinski definition) is 2. The second kappa shape index (κ2) is 5.41. The Hall–Kier alpha value is -1.69. The molecule has 6 heteroatoms. The third-order valence-corrected chi connectivity index (χ3v) is 2.19. The minimum absolute atomic E-state index is 0.683. The molecular formula is C10H15N5O. The lowest BCUT2D eigenvalue weighted by Crippen LogP contribution is -2.07. The number of H-pyrrole nitrogens is 1. The molecule has 0 fully saturated rings. The van der Waals surface area contributed by atoms with Crippen molar-refractivity contribution in [1.82, 2.24) is 19.9 Å². The molecule has 0 radical (unpaired) electrons. The van der Waals surface area contributed by atoms with E-state index in [4.69, 9.17) is 4.74 Å². The summed E-state index contributed by atoms with van der Waals surface area (Å²) in [6.45, 7) is 4.34. The van der Waals surface area contributed by atoms with E-state index < -0.39 is 0 Å². The summed E-state index contributed by atoms with van der Waals surface area (Å²) in [5.74, 6) is 0.791. The second-order valence-corrected chi connectivity index (χ2v) is 3.30. The number of anilines is 1. The van der Waals surface area contributed by atoms with E-state index in [1.165, 1.54) is 6.33 Å². The van der Waals surface area contributed by atoms with Crippen LogP contribution in [-0.4, -0.2) is 39.7 Å². The summed E-state index contributed by atoms with van der Waals surface area (Å²) in [7, 11) is 0. The molecule has 86 valence electrons. The molecule has 0 aromatic carbocycles. The van der Waals surface area contributed by atoms with Crippen molar-refractivity contribution in [3.63, 3.8) is 0 Å². The number of nitrogens with zero attached hydrogens (tertiary/aromatic N) is 3. The van der Waals surface area contributed by atoms with E-state index in [-0.39, 0.29) is 0 Å². The second-order valence-electron chi connectivity index (χ2n) is 3.30. The summed E-state index contributed by atoms with van der Waals surface area (Å²) < 4.78 is 5.25. The third-order valence-electron chi connectivity index (χ3n) is 2.19. The first-order valence-corrected chi connectivity index (χ1v) is 5.37. The van der Waals surface area contributed by atoms with Gasteiger partial charge in [0.2, 0.25) is 0 Å². The molecule has 0 spiro atoms. The van der Waals surface area contributed by atoms with Crippen molar-refractivity contribution < 1.29 is 4.74 Å². The van der Waals surface area contributed by atoms with Gasteiger partial charge in [0.25, 0.3) is 0 Å². The van der Waals surface area contributed by atoms with Gasteiger partial charge in [0.15, 0.2) is 11.5 Å². The Morgan fingerprint density at radius 1 is 1.38 bits per heavy atom. The van der Waals surface area contributed by atoms with Crippen molar-refractivity contribution >= 4 is 17.0 Å². The molecule has 2 N–H and O–H groups in total. The minimum Gasteiger partial charge on any atom is -0.382 e. The maximum atomic E-state index is 5.25. The van der Waals surface area contributed by atoms with E-state index in [0.717, 1.165) is 37.5 Å². The number of nitrogens with one attached hydrogen (secondary N) is 2. The van der Waals surface area contributed by atoms with Crippen molar-refractivity contribution in [2.75, 3.05) is 25.1 Å². The van der Waals surface area contributed by atoms with Gasteiger partial charge in [-0.15, -0.1) is 0 Å². The summed E-state index contributed by atoms with van der Waals surface area (Å²) in [6.07, 6.45) is 4.08. The average Bonchev–Trinajstić information content (AvgIpc) is 2.77. The van der Waals surface area contributed by atoms with Crippen molar-refractivity contribution in [2.45, 2.75) is 13.3 Å². The van der Waals surface area contributed by atoms with Crippen LogP contribution in [0.4, 0.5) is 5.82 Å². The number of imidazole rings is 1. The highest BCUT2D eigenvalue weighted by atomic mass is 16.5. The molecule has 0 aliphatic rings. The molecular weight excluding hydrogens is 206 g/mol. The van der Waals surface area contributed by atoms with Crippen LogP contribution in [0.3, 0.4) is 0 Å². The lowest BCUT2D eigenvalue weighted by atomic mass is 10.4. The van der Waals surface area contributed by atoms with E-state index in [1.807, 2.05) is 6.92 Å². The Labute approximate surface area is 93.5 Å². The SMILES string of the molecule is CCOCCCNc1ncnc2nc[nH]c12. The smallest absolute Gasteiger partial charge is 0.182 e. The van der Waals surface area contributed by atoms with Crippen molar-refractivity contribution in [1.29, 1.82) is 0 Å². The molecule has 6 nitrogen and oxygen atoms in total. The lowest BCUT2D eigenvalue weighted by Gasteiger charge is -2.05. The van der Waals surface area contributed by atoms with E-state index in [1.54, 1.807) is 6.33 Å². The van der Waals surface area contributed by atoms with Crippen LogP contribution in [0.5, 0.6) is 0 Å². The van der Waals surface area contributed by atoms with Crippen LogP contribution in [0.25, 0.3) is 11.2 Å². The number of hydrogen-bond acceptors (Lipinski definition) is 5. The van der Waals surface area contributed by atoms with Crippen LogP contribution in [0.2, 0.25) is 0 Å². The summed E-state index contributed by atoms with van der Waals surface area (Å²) in [5, 5.41) is 3.23. The molecule has 0 saturated heterocycles. The van der Waals surface area contributed by atoms with Crippen LogP contribution in [0.1, 0.15) is 13.3 Å². The van der Waals surface area contributed by atoms with E-state index in [2.05, 4.69) is 25.3 Å². The largest absolute Gasteiger partial charge is 0.382 e. The molecule has 16 heavy (non-hydrogen) atoms. The number of aromatic nitrogens is 4. The number of rotatable bonds is 6. The van der Waals surface area contributed by atoms with Gasteiger partial charge in [-0.1, -0.05) is 0 Å². The zero-order valence-electron chi connectivity index (χ0n) is 9.23. The molecule has 0 bridgehead atoms. The molecule has 0 aliphatic heterocycles. The molecule has 2 aromatic heterocycles. The van der Waals surface area contributed by atoms with Gasteiger partial charge in [-0.05, 0) is 13.3 Å². The van der Waals surface area contributed by atoms with Gasteiger partial charge < -0.3 is 15.0 Å². The Bertz CT molecular complexity index is 441. The molecule has 0 amide bonds. The van der Waals surface area contributed by atoms with Gasteiger partial charge in [0.1, 0.15) is 11.8 Å². The summed E-state index contributed by atoms with van der Waals surface area (Å²) >= 11 is 0. The van der Waals surface area contributed by atoms with Crippen molar-refractivity contribution in [2.24, 2.45) is 0 Å². The van der Waals surface area contributed by atoms with E-state index in [9.17, 15) is 0 Å². The maximum Gasteiger partial charge on any atom is 0.182 e. The van der Waals surface area contributed by atoms with Gasteiger partial charge in [0.05, 0.1) is 6.33 Å². The minimum atomic E-state index is 0.683. The van der Waals surface area contributed by atoms with Crippen LogP contribution in [0.15, 0.2) is 12.7 Å². The number of fused-ring (bicyclic) bond motifs is 1. The Kier molecular flexibility index (Phi) is 3.66. The topological polar surface area (TPSA) is 75.7 Å². The first-order valence-electron chi connectivity index (χ1n) is 5.37. The molecule has 0 saturated carbocycles. The zero-order chi connectivity index (χ0) is 11.2. The highest BCUT2D eigenvalue weighted by Gasteiger charge is 2.03. The number of aromatic amines is 1. The van der Waals surface area contributed by atoms with Crippen molar-refractivity contribution in [3.8, 4) is 0 Å². The van der Waals surface area contributed by atoms with Gasteiger partial charge in [0, 0.05) is 19.8 Å². The molecule has 2 rings (SSSR count). The predicted octanol–water partition coefficient (Wildman–Crippen LogP) is 1.19.